The fraction of sp³-hybridized carbons (Fsp3) is 0.528. The molecule has 0 aliphatic carbocycles. The average Bonchev–Trinajstić information content (AvgIpc) is 3.04. The van der Waals surface area contributed by atoms with Gasteiger partial charge in [-0.3, -0.25) is 19.3 Å². The molecule has 0 bridgehead atoms. The number of anilines is 1. The van der Waals surface area contributed by atoms with Gasteiger partial charge in [-0.05, 0) is 87.4 Å². The largest absolute Gasteiger partial charge is 0.489 e. The van der Waals surface area contributed by atoms with Gasteiger partial charge in [0.1, 0.15) is 18.4 Å². The van der Waals surface area contributed by atoms with Gasteiger partial charge in [0.15, 0.2) is 0 Å². The van der Waals surface area contributed by atoms with Crippen molar-refractivity contribution in [3.05, 3.63) is 72.3 Å². The minimum atomic E-state index is -0.615. The SMILES string of the molecule is CC(C)C[C@@H]1NC(=O)C2(C/C=C/C[C@@H]3COCC[C@@H]3NC1=O)CCN(CC(=O)Nc1ccc(OCc3ccccc3)cc1)CC2. The van der Waals surface area contributed by atoms with E-state index in [2.05, 4.69) is 46.8 Å². The highest BCUT2D eigenvalue weighted by molar-refractivity contribution is 5.92. The molecule has 3 aliphatic heterocycles. The third-order valence-electron chi connectivity index (χ3n) is 9.29. The number of likely N-dealkylation sites (tertiary alicyclic amines) is 1. The van der Waals surface area contributed by atoms with Crippen LogP contribution in [0.5, 0.6) is 5.75 Å². The summed E-state index contributed by atoms with van der Waals surface area (Å²) in [4.78, 5) is 42.4. The third kappa shape index (κ3) is 9.17. The monoisotopic (exact) mass is 616 g/mol. The Bertz CT molecular complexity index is 1300. The van der Waals surface area contributed by atoms with Crippen molar-refractivity contribution in [2.24, 2.45) is 17.3 Å². The predicted molar refractivity (Wildman–Crippen MR) is 175 cm³/mol. The number of fused-ring (bicyclic) bond motifs is 1. The number of hydrogen-bond acceptors (Lipinski definition) is 6. The van der Waals surface area contributed by atoms with Gasteiger partial charge in [0.25, 0.3) is 0 Å². The summed E-state index contributed by atoms with van der Waals surface area (Å²) in [5, 5.41) is 9.39. The van der Waals surface area contributed by atoms with E-state index in [1.54, 1.807) is 0 Å². The summed E-state index contributed by atoms with van der Waals surface area (Å²) in [7, 11) is 0. The summed E-state index contributed by atoms with van der Waals surface area (Å²) in [6, 6.07) is 16.9. The normalized spacial score (nSPS) is 24.8. The second kappa shape index (κ2) is 15.5. The van der Waals surface area contributed by atoms with Crippen LogP contribution < -0.4 is 20.7 Å². The second-order valence-corrected chi connectivity index (χ2v) is 13.2. The van der Waals surface area contributed by atoms with Crippen LogP contribution in [0.4, 0.5) is 5.69 Å². The standard InChI is InChI=1S/C36H48N4O5/c1-26(2)22-32-34(42)38-31-15-21-44-25-28(31)10-6-7-16-36(35(43)39-32)17-19-40(20-18-36)23-33(41)37-29-11-13-30(14-12-29)45-24-27-8-4-3-5-9-27/h3-9,11-14,26,28,31-32H,10,15-25H2,1-2H3,(H,37,41)(H,38,42)(H,39,43)/b7-6+/t28-,31+,32+/m1/s1. The van der Waals surface area contributed by atoms with E-state index in [9.17, 15) is 14.4 Å². The zero-order valence-electron chi connectivity index (χ0n) is 26.6. The molecule has 3 atom stereocenters. The minimum Gasteiger partial charge on any atom is -0.489 e. The number of allylic oxidation sites excluding steroid dienone is 2. The predicted octanol–water partition coefficient (Wildman–Crippen LogP) is 4.69. The van der Waals surface area contributed by atoms with E-state index in [1.165, 1.54) is 0 Å². The molecule has 2 aromatic carbocycles. The van der Waals surface area contributed by atoms with Crippen molar-refractivity contribution in [1.82, 2.24) is 15.5 Å². The van der Waals surface area contributed by atoms with Crippen LogP contribution in [0.2, 0.25) is 0 Å². The first-order valence-corrected chi connectivity index (χ1v) is 16.4. The molecule has 0 radical (unpaired) electrons. The number of ether oxygens (including phenoxy) is 2. The molecule has 0 unspecified atom stereocenters. The van der Waals surface area contributed by atoms with E-state index in [0.29, 0.717) is 64.3 Å². The summed E-state index contributed by atoms with van der Waals surface area (Å²) in [5.41, 5.74) is 1.19. The fourth-order valence-corrected chi connectivity index (χ4v) is 6.54. The topological polar surface area (TPSA) is 109 Å². The molecule has 3 aliphatic rings. The van der Waals surface area contributed by atoms with Crippen molar-refractivity contribution in [2.75, 3.05) is 38.2 Å². The van der Waals surface area contributed by atoms with Crippen molar-refractivity contribution in [3.63, 3.8) is 0 Å². The van der Waals surface area contributed by atoms with Crippen molar-refractivity contribution in [1.29, 1.82) is 0 Å². The van der Waals surface area contributed by atoms with Crippen molar-refractivity contribution in [3.8, 4) is 5.75 Å². The highest BCUT2D eigenvalue weighted by Gasteiger charge is 2.42. The fourth-order valence-electron chi connectivity index (χ4n) is 6.54. The molecule has 9 heteroatoms. The molecular weight excluding hydrogens is 568 g/mol. The van der Waals surface area contributed by atoms with Crippen LogP contribution in [0, 0.1) is 17.3 Å². The first-order chi connectivity index (χ1) is 21.8. The maximum Gasteiger partial charge on any atom is 0.242 e. The van der Waals surface area contributed by atoms with E-state index in [0.717, 1.165) is 24.2 Å². The number of nitrogens with one attached hydrogen (secondary N) is 3. The number of carbonyl (C=O) groups is 3. The van der Waals surface area contributed by atoms with Gasteiger partial charge < -0.3 is 25.4 Å². The highest BCUT2D eigenvalue weighted by Crippen LogP contribution is 2.37. The molecular formula is C36H48N4O5. The maximum atomic E-state index is 13.9. The van der Waals surface area contributed by atoms with Gasteiger partial charge in [-0.1, -0.05) is 56.3 Å². The number of piperidine rings is 1. The molecule has 1 spiro atoms. The van der Waals surface area contributed by atoms with Crippen LogP contribution in [0.15, 0.2) is 66.7 Å². The van der Waals surface area contributed by atoms with E-state index in [4.69, 9.17) is 9.47 Å². The molecule has 0 aromatic heterocycles. The molecule has 242 valence electrons. The van der Waals surface area contributed by atoms with Gasteiger partial charge in [-0.2, -0.15) is 0 Å². The lowest BCUT2D eigenvalue weighted by Crippen LogP contribution is -2.57. The van der Waals surface area contributed by atoms with Gasteiger partial charge in [-0.25, -0.2) is 0 Å². The summed E-state index contributed by atoms with van der Waals surface area (Å²) in [6.45, 7) is 7.40. The number of carbonyl (C=O) groups excluding carboxylic acids is 3. The maximum absolute atomic E-state index is 13.9. The average molecular weight is 617 g/mol. The Morgan fingerprint density at radius 3 is 2.53 bits per heavy atom. The van der Waals surface area contributed by atoms with Gasteiger partial charge >= 0.3 is 0 Å². The van der Waals surface area contributed by atoms with E-state index < -0.39 is 11.5 Å². The Kier molecular flexibility index (Phi) is 11.3. The lowest BCUT2D eigenvalue weighted by atomic mass is 9.74. The lowest BCUT2D eigenvalue weighted by Gasteiger charge is -2.41. The van der Waals surface area contributed by atoms with Crippen LogP contribution in [0.25, 0.3) is 0 Å². The molecule has 2 aromatic rings. The Morgan fingerprint density at radius 1 is 1.04 bits per heavy atom. The highest BCUT2D eigenvalue weighted by atomic mass is 16.5. The van der Waals surface area contributed by atoms with Gasteiger partial charge in [0.2, 0.25) is 17.7 Å². The molecule has 3 heterocycles. The molecule has 0 saturated carbocycles. The van der Waals surface area contributed by atoms with Crippen molar-refractivity contribution in [2.45, 2.75) is 71.1 Å². The first-order valence-electron chi connectivity index (χ1n) is 16.4. The second-order valence-electron chi connectivity index (χ2n) is 13.2. The summed E-state index contributed by atoms with van der Waals surface area (Å²) >= 11 is 0. The number of hydrogen-bond donors (Lipinski definition) is 3. The summed E-state index contributed by atoms with van der Waals surface area (Å²) in [5.74, 6) is 0.971. The van der Waals surface area contributed by atoms with Crippen LogP contribution >= 0.6 is 0 Å². The Hall–Kier alpha value is -3.69. The van der Waals surface area contributed by atoms with Crippen LogP contribution in [-0.2, 0) is 25.7 Å². The zero-order valence-corrected chi connectivity index (χ0v) is 26.6. The van der Waals surface area contributed by atoms with Crippen LogP contribution in [0.3, 0.4) is 0 Å². The Morgan fingerprint density at radius 2 is 1.80 bits per heavy atom. The van der Waals surface area contributed by atoms with Gasteiger partial charge in [0.05, 0.1) is 18.6 Å². The van der Waals surface area contributed by atoms with Gasteiger partial charge in [0, 0.05) is 24.3 Å². The molecule has 3 amide bonds. The molecule has 2 fully saturated rings. The quantitative estimate of drug-likeness (QED) is 0.372. The summed E-state index contributed by atoms with van der Waals surface area (Å²) in [6.07, 6.45) is 8.33. The Balaban J connectivity index is 1.16. The first kappa shape index (κ1) is 32.7. The molecule has 45 heavy (non-hydrogen) atoms. The van der Waals surface area contributed by atoms with Gasteiger partial charge in [-0.15, -0.1) is 0 Å². The van der Waals surface area contributed by atoms with E-state index in [-0.39, 0.29) is 42.1 Å². The zero-order chi connectivity index (χ0) is 31.6. The number of nitrogens with zero attached hydrogens (tertiary/aromatic N) is 1. The summed E-state index contributed by atoms with van der Waals surface area (Å²) < 4.78 is 11.6. The van der Waals surface area contributed by atoms with E-state index in [1.807, 2.05) is 54.6 Å². The third-order valence-corrected chi connectivity index (χ3v) is 9.29. The Labute approximate surface area is 267 Å². The van der Waals surface area contributed by atoms with Crippen LogP contribution in [-0.4, -0.2) is 67.6 Å². The molecule has 5 rings (SSSR count). The van der Waals surface area contributed by atoms with E-state index >= 15 is 0 Å². The number of rotatable bonds is 8. The molecule has 2 saturated heterocycles. The number of benzene rings is 2. The van der Waals surface area contributed by atoms with Crippen molar-refractivity contribution >= 4 is 23.4 Å². The molecule has 3 N–H and O–H groups in total. The number of amides is 3. The van der Waals surface area contributed by atoms with Crippen molar-refractivity contribution < 1.29 is 23.9 Å². The smallest absolute Gasteiger partial charge is 0.242 e. The molecule has 9 nitrogen and oxygen atoms in total. The lowest BCUT2D eigenvalue weighted by molar-refractivity contribution is -0.138. The minimum absolute atomic E-state index is 0.0520. The van der Waals surface area contributed by atoms with Crippen LogP contribution in [0.1, 0.15) is 57.9 Å².